The molecule has 1 aromatic carbocycles. The molecule has 37 heavy (non-hydrogen) atoms. The molecule has 1 aliphatic carbocycles. The van der Waals surface area contributed by atoms with Gasteiger partial charge >= 0.3 is 6.09 Å². The van der Waals surface area contributed by atoms with Gasteiger partial charge in [-0.25, -0.2) is 4.79 Å². The normalized spacial score (nSPS) is 17.3. The minimum Gasteiger partial charge on any atom is -0.497 e. The first-order valence-corrected chi connectivity index (χ1v) is 12.7. The van der Waals surface area contributed by atoms with Gasteiger partial charge in [-0.3, -0.25) is 9.78 Å². The SMILES string of the molecule is COc1ccc(-c2cc3c(cn2)CCc2c4c(n(C)c2-3)CC2(CN(C(=O)OC(C)(C)C)C2)NC4=O)cc1. The number of aromatic nitrogens is 2. The number of rotatable bonds is 2. The molecule has 3 aromatic rings. The summed E-state index contributed by atoms with van der Waals surface area (Å²) in [5.74, 6) is 0.759. The van der Waals surface area contributed by atoms with Crippen LogP contribution in [-0.2, 0) is 31.0 Å². The fourth-order valence-corrected chi connectivity index (χ4v) is 5.94. The number of aryl methyl sites for hydroxylation is 1. The second-order valence-corrected chi connectivity index (χ2v) is 11.4. The lowest BCUT2D eigenvalue weighted by Gasteiger charge is -2.51. The summed E-state index contributed by atoms with van der Waals surface area (Å²) in [7, 11) is 3.71. The maximum atomic E-state index is 13.5. The monoisotopic (exact) mass is 500 g/mol. The van der Waals surface area contributed by atoms with Gasteiger partial charge in [-0.15, -0.1) is 0 Å². The van der Waals surface area contributed by atoms with E-state index in [9.17, 15) is 9.59 Å². The average molecular weight is 501 g/mol. The van der Waals surface area contributed by atoms with Gasteiger partial charge in [-0.1, -0.05) is 0 Å². The van der Waals surface area contributed by atoms with E-state index in [0.29, 0.717) is 19.5 Å². The van der Waals surface area contributed by atoms with Gasteiger partial charge in [-0.05, 0) is 75.1 Å². The van der Waals surface area contributed by atoms with Crippen molar-refractivity contribution in [3.63, 3.8) is 0 Å². The maximum absolute atomic E-state index is 13.5. The van der Waals surface area contributed by atoms with Crippen LogP contribution in [0.5, 0.6) is 5.75 Å². The van der Waals surface area contributed by atoms with Crippen LogP contribution in [0.1, 0.15) is 48.0 Å². The Morgan fingerprint density at radius 1 is 1.14 bits per heavy atom. The zero-order chi connectivity index (χ0) is 26.1. The quantitative estimate of drug-likeness (QED) is 0.572. The van der Waals surface area contributed by atoms with Gasteiger partial charge in [0.2, 0.25) is 0 Å². The molecule has 0 saturated carbocycles. The van der Waals surface area contributed by atoms with Crippen molar-refractivity contribution in [1.82, 2.24) is 19.8 Å². The first kappa shape index (κ1) is 23.6. The fourth-order valence-electron chi connectivity index (χ4n) is 5.94. The van der Waals surface area contributed by atoms with Crippen LogP contribution in [0.3, 0.4) is 0 Å². The van der Waals surface area contributed by atoms with Gasteiger partial charge in [0.15, 0.2) is 0 Å². The van der Waals surface area contributed by atoms with E-state index in [1.54, 1.807) is 12.0 Å². The van der Waals surface area contributed by atoms with Gasteiger partial charge in [0.05, 0.1) is 29.6 Å². The van der Waals surface area contributed by atoms with E-state index in [0.717, 1.165) is 57.9 Å². The third-order valence-corrected chi connectivity index (χ3v) is 7.64. The Bertz CT molecular complexity index is 1430. The Morgan fingerprint density at radius 2 is 1.86 bits per heavy atom. The number of hydrogen-bond donors (Lipinski definition) is 1. The lowest BCUT2D eigenvalue weighted by atomic mass is 9.80. The topological polar surface area (TPSA) is 85.7 Å². The highest BCUT2D eigenvalue weighted by atomic mass is 16.6. The molecule has 192 valence electrons. The lowest BCUT2D eigenvalue weighted by molar-refractivity contribution is -0.0170. The summed E-state index contributed by atoms with van der Waals surface area (Å²) >= 11 is 0. The molecule has 8 nitrogen and oxygen atoms in total. The Kier molecular flexibility index (Phi) is 5.16. The van der Waals surface area contributed by atoms with Crippen LogP contribution in [0.15, 0.2) is 36.5 Å². The molecule has 0 atom stereocenters. The zero-order valence-electron chi connectivity index (χ0n) is 22.0. The van der Waals surface area contributed by atoms with Gasteiger partial charge in [0.1, 0.15) is 11.4 Å². The fraction of sp³-hybridized carbons (Fsp3) is 0.414. The Balaban J connectivity index is 1.33. The number of carbonyl (C=O) groups is 2. The molecule has 0 bridgehead atoms. The van der Waals surface area contributed by atoms with E-state index in [1.165, 1.54) is 5.56 Å². The molecule has 0 unspecified atom stereocenters. The number of amides is 2. The van der Waals surface area contributed by atoms with Crippen molar-refractivity contribution >= 4 is 12.0 Å². The highest BCUT2D eigenvalue weighted by Gasteiger charge is 2.52. The van der Waals surface area contributed by atoms with Crippen molar-refractivity contribution in [2.75, 3.05) is 20.2 Å². The van der Waals surface area contributed by atoms with Gasteiger partial charge < -0.3 is 24.3 Å². The van der Waals surface area contributed by atoms with E-state index >= 15 is 0 Å². The Hall–Kier alpha value is -3.81. The summed E-state index contributed by atoms with van der Waals surface area (Å²) in [5, 5.41) is 3.24. The van der Waals surface area contributed by atoms with E-state index in [-0.39, 0.29) is 12.0 Å². The Labute approximate surface area is 216 Å². The summed E-state index contributed by atoms with van der Waals surface area (Å²) < 4.78 is 13.0. The third-order valence-electron chi connectivity index (χ3n) is 7.64. The number of ether oxygens (including phenoxy) is 2. The molecule has 1 N–H and O–H groups in total. The Morgan fingerprint density at radius 3 is 2.54 bits per heavy atom. The van der Waals surface area contributed by atoms with Crippen LogP contribution >= 0.6 is 0 Å². The summed E-state index contributed by atoms with van der Waals surface area (Å²) in [6.45, 7) is 6.47. The second kappa shape index (κ2) is 8.10. The van der Waals surface area contributed by atoms with Gasteiger partial charge in [0, 0.05) is 49.6 Å². The van der Waals surface area contributed by atoms with Gasteiger partial charge in [0.25, 0.3) is 5.91 Å². The summed E-state index contributed by atoms with van der Waals surface area (Å²) in [6, 6.07) is 10.0. The minimum atomic E-state index is -0.549. The van der Waals surface area contributed by atoms with Crippen LogP contribution in [0.4, 0.5) is 4.79 Å². The predicted octanol–water partition coefficient (Wildman–Crippen LogP) is 4.14. The molecule has 2 amide bonds. The molecule has 2 aromatic heterocycles. The summed E-state index contributed by atoms with van der Waals surface area (Å²) in [4.78, 5) is 32.4. The summed E-state index contributed by atoms with van der Waals surface area (Å²) in [6.07, 6.45) is 3.97. The molecule has 1 spiro atoms. The maximum Gasteiger partial charge on any atom is 0.410 e. The summed E-state index contributed by atoms with van der Waals surface area (Å²) in [5.41, 5.74) is 7.26. The molecule has 1 fully saturated rings. The first-order chi connectivity index (χ1) is 17.6. The number of nitrogens with one attached hydrogen (secondary N) is 1. The molecule has 2 aliphatic heterocycles. The lowest BCUT2D eigenvalue weighted by Crippen LogP contribution is -2.74. The van der Waals surface area contributed by atoms with Crippen LogP contribution in [0.25, 0.3) is 22.5 Å². The molecular weight excluding hydrogens is 468 g/mol. The number of methoxy groups -OCH3 is 1. The van der Waals surface area contributed by atoms with Crippen LogP contribution in [-0.4, -0.2) is 57.8 Å². The van der Waals surface area contributed by atoms with E-state index in [1.807, 2.05) is 51.2 Å². The van der Waals surface area contributed by atoms with Crippen LogP contribution < -0.4 is 10.1 Å². The zero-order valence-corrected chi connectivity index (χ0v) is 22.0. The number of likely N-dealkylation sites (tertiary alicyclic amines) is 1. The first-order valence-electron chi connectivity index (χ1n) is 12.7. The molecule has 1 saturated heterocycles. The predicted molar refractivity (Wildman–Crippen MR) is 140 cm³/mol. The van der Waals surface area contributed by atoms with Crippen LogP contribution in [0.2, 0.25) is 0 Å². The van der Waals surface area contributed by atoms with Crippen molar-refractivity contribution in [3.05, 3.63) is 58.9 Å². The third kappa shape index (κ3) is 3.86. The number of nitrogens with zero attached hydrogens (tertiary/aromatic N) is 3. The molecule has 8 heteroatoms. The molecule has 3 aliphatic rings. The number of hydrogen-bond acceptors (Lipinski definition) is 5. The molecule has 0 radical (unpaired) electrons. The van der Waals surface area contributed by atoms with Crippen molar-refractivity contribution < 1.29 is 19.1 Å². The average Bonchev–Trinajstić information content (AvgIpc) is 3.13. The number of fused-ring (bicyclic) bond motifs is 5. The van der Waals surface area contributed by atoms with E-state index in [2.05, 4.69) is 23.0 Å². The number of benzene rings is 1. The second-order valence-electron chi connectivity index (χ2n) is 11.4. The van der Waals surface area contributed by atoms with Crippen molar-refractivity contribution in [3.8, 4) is 28.3 Å². The van der Waals surface area contributed by atoms with Crippen molar-refractivity contribution in [1.29, 1.82) is 0 Å². The van der Waals surface area contributed by atoms with Crippen LogP contribution in [0, 0.1) is 0 Å². The largest absolute Gasteiger partial charge is 0.497 e. The number of pyridine rings is 1. The number of carbonyl (C=O) groups excluding carboxylic acids is 2. The van der Waals surface area contributed by atoms with E-state index < -0.39 is 11.1 Å². The molecular formula is C29H32N4O4. The van der Waals surface area contributed by atoms with Crippen molar-refractivity contribution in [2.45, 2.75) is 51.2 Å². The smallest absolute Gasteiger partial charge is 0.410 e. The molecule has 4 heterocycles. The van der Waals surface area contributed by atoms with E-state index in [4.69, 9.17) is 14.5 Å². The highest BCUT2D eigenvalue weighted by Crippen LogP contribution is 2.43. The standard InChI is InChI=1S/C29H32N4O4/c1-28(2,3)37-27(35)33-15-29(16-33)13-23-24(26(34)31-29)20-11-8-18-14-30-22(12-21(18)25(20)32(23)4)17-6-9-19(36-5)10-7-17/h6-7,9-10,12,14H,8,11,13,15-16H2,1-5H3,(H,31,34). The highest BCUT2D eigenvalue weighted by molar-refractivity contribution is 6.01. The van der Waals surface area contributed by atoms with Gasteiger partial charge in [-0.2, -0.15) is 0 Å². The molecule has 6 rings (SSSR count). The minimum absolute atomic E-state index is 0.0465. The van der Waals surface area contributed by atoms with Crippen molar-refractivity contribution in [2.24, 2.45) is 7.05 Å².